The first-order chi connectivity index (χ1) is 13.5. The van der Waals surface area contributed by atoms with Gasteiger partial charge in [0, 0.05) is 26.7 Å². The summed E-state index contributed by atoms with van der Waals surface area (Å²) in [4.78, 5) is 34.5. The molecule has 0 aromatic carbocycles. The van der Waals surface area contributed by atoms with Crippen molar-refractivity contribution in [3.05, 3.63) is 32.6 Å². The molecular formula is C18H31N2O9P. The van der Waals surface area contributed by atoms with Crippen LogP contribution in [0.1, 0.15) is 52.2 Å². The molecule has 6 atom stereocenters. The highest BCUT2D eigenvalue weighted by molar-refractivity contribution is 7.54. The minimum absolute atomic E-state index is 0.00544. The third-order valence-corrected chi connectivity index (χ3v) is 7.76. The number of aliphatic hydroxyl groups excluding tert-OH is 2. The van der Waals surface area contributed by atoms with E-state index in [1.54, 1.807) is 0 Å². The highest BCUT2D eigenvalue weighted by Crippen LogP contribution is 2.58. The molecule has 11 nitrogen and oxygen atoms in total. The zero-order valence-corrected chi connectivity index (χ0v) is 18.9. The normalized spacial score (nSPS) is 28.9. The Morgan fingerprint density at radius 3 is 2.30 bits per heavy atom. The van der Waals surface area contributed by atoms with Crippen LogP contribution in [0.15, 0.2) is 15.8 Å². The Morgan fingerprint density at radius 1 is 1.20 bits per heavy atom. The molecule has 1 aromatic rings. The highest BCUT2D eigenvalue weighted by atomic mass is 31.2. The maximum atomic E-state index is 12.5. The smallest absolute Gasteiger partial charge is 0.359 e. The van der Waals surface area contributed by atoms with Crippen molar-refractivity contribution in [3.8, 4) is 0 Å². The maximum Gasteiger partial charge on any atom is 0.359 e. The molecular weight excluding hydrogens is 419 g/mol. The number of nitrogens with zero attached hydrogens (tertiary/aromatic N) is 2. The molecule has 0 saturated carbocycles. The number of aromatic nitrogens is 2. The van der Waals surface area contributed by atoms with Crippen molar-refractivity contribution in [2.24, 2.45) is 14.1 Å². The molecule has 0 spiro atoms. The summed E-state index contributed by atoms with van der Waals surface area (Å²) in [5.74, 6) is 0. The van der Waals surface area contributed by atoms with E-state index < -0.39 is 54.2 Å². The van der Waals surface area contributed by atoms with Crippen molar-refractivity contribution in [1.82, 2.24) is 9.13 Å². The Labute approximate surface area is 174 Å². The van der Waals surface area contributed by atoms with Gasteiger partial charge in [-0.2, -0.15) is 0 Å². The first kappa shape index (κ1) is 24.9. The van der Waals surface area contributed by atoms with Crippen molar-refractivity contribution < 1.29 is 34.0 Å². The van der Waals surface area contributed by atoms with E-state index in [-0.39, 0.29) is 18.4 Å². The fraction of sp³-hybridized carbons (Fsp3) is 0.778. The molecule has 0 aliphatic carbocycles. The molecule has 1 saturated heterocycles. The van der Waals surface area contributed by atoms with E-state index in [2.05, 4.69) is 0 Å². The zero-order valence-electron chi connectivity index (χ0n) is 18.0. The van der Waals surface area contributed by atoms with Gasteiger partial charge in [-0.1, -0.05) is 6.92 Å². The van der Waals surface area contributed by atoms with Gasteiger partial charge in [0.25, 0.3) is 5.56 Å². The predicted molar refractivity (Wildman–Crippen MR) is 107 cm³/mol. The van der Waals surface area contributed by atoms with Gasteiger partial charge in [0.2, 0.25) is 0 Å². The quantitative estimate of drug-likeness (QED) is 0.410. The summed E-state index contributed by atoms with van der Waals surface area (Å²) < 4.78 is 25.6. The third kappa shape index (κ3) is 4.62. The van der Waals surface area contributed by atoms with E-state index in [0.717, 1.165) is 9.13 Å². The second-order valence-corrected chi connectivity index (χ2v) is 10.8. The van der Waals surface area contributed by atoms with E-state index in [4.69, 9.17) is 9.26 Å². The summed E-state index contributed by atoms with van der Waals surface area (Å²) in [6.07, 6.45) is -4.00. The van der Waals surface area contributed by atoms with Gasteiger partial charge in [0.05, 0.1) is 17.3 Å². The standard InChI is InChI=1S/C18H31N2O9P/c1-7-18(4,25)30(26,27)29-17(2,3)8-11-12(21)13(22)14(28-11)10-9-19(5)16(24)20(6)15(10)23/h9,11-14,21-22,25H,7-8H2,1-6H3,(H,26,27)/t11-,12-,13-,14+,18-/m1/s1. The predicted octanol–water partition coefficient (Wildman–Crippen LogP) is -0.265. The monoisotopic (exact) mass is 450 g/mol. The van der Waals surface area contributed by atoms with Crippen molar-refractivity contribution in [1.29, 1.82) is 0 Å². The zero-order chi connectivity index (χ0) is 23.2. The van der Waals surface area contributed by atoms with E-state index in [1.165, 1.54) is 48.0 Å². The molecule has 30 heavy (non-hydrogen) atoms. The van der Waals surface area contributed by atoms with E-state index >= 15 is 0 Å². The van der Waals surface area contributed by atoms with Crippen LogP contribution in [0.2, 0.25) is 0 Å². The molecule has 0 bridgehead atoms. The lowest BCUT2D eigenvalue weighted by Crippen LogP contribution is -2.40. The third-order valence-electron chi connectivity index (χ3n) is 5.48. The van der Waals surface area contributed by atoms with E-state index in [0.29, 0.717) is 0 Å². The van der Waals surface area contributed by atoms with Crippen LogP contribution in [0.3, 0.4) is 0 Å². The number of aryl methyl sites for hydroxylation is 1. The number of aliphatic hydroxyl groups is 3. The van der Waals surface area contributed by atoms with Gasteiger partial charge >= 0.3 is 13.3 Å². The van der Waals surface area contributed by atoms with Crippen LogP contribution in [0, 0.1) is 0 Å². The summed E-state index contributed by atoms with van der Waals surface area (Å²) in [5.41, 5.74) is -2.54. The lowest BCUT2D eigenvalue weighted by molar-refractivity contribution is -0.0458. The van der Waals surface area contributed by atoms with Gasteiger partial charge < -0.3 is 34.0 Å². The van der Waals surface area contributed by atoms with Gasteiger partial charge in [-0.15, -0.1) is 0 Å². The molecule has 4 N–H and O–H groups in total. The molecule has 1 fully saturated rings. The fourth-order valence-corrected chi connectivity index (χ4v) is 4.70. The molecule has 2 rings (SSSR count). The molecule has 2 heterocycles. The van der Waals surface area contributed by atoms with Gasteiger partial charge in [0.15, 0.2) is 5.34 Å². The summed E-state index contributed by atoms with van der Waals surface area (Å²) in [7, 11) is -1.71. The summed E-state index contributed by atoms with van der Waals surface area (Å²) in [6, 6.07) is 0. The summed E-state index contributed by atoms with van der Waals surface area (Å²) in [6.45, 7) is 5.71. The van der Waals surface area contributed by atoms with Crippen molar-refractivity contribution >= 4 is 7.60 Å². The molecule has 0 amide bonds. The lowest BCUT2D eigenvalue weighted by atomic mass is 9.96. The van der Waals surface area contributed by atoms with Crippen LogP contribution in [-0.4, -0.2) is 58.6 Å². The van der Waals surface area contributed by atoms with Crippen LogP contribution in [0.4, 0.5) is 0 Å². The van der Waals surface area contributed by atoms with Gasteiger partial charge in [-0.25, -0.2) is 4.79 Å². The first-order valence-electron chi connectivity index (χ1n) is 9.59. The Kier molecular flexibility index (Phi) is 6.91. The number of ether oxygens (including phenoxy) is 1. The highest BCUT2D eigenvalue weighted by Gasteiger charge is 2.50. The molecule has 12 heteroatoms. The Morgan fingerprint density at radius 2 is 1.77 bits per heavy atom. The summed E-state index contributed by atoms with van der Waals surface area (Å²) in [5, 5.41) is 29.1. The van der Waals surface area contributed by atoms with Crippen LogP contribution in [0.5, 0.6) is 0 Å². The van der Waals surface area contributed by atoms with Crippen LogP contribution in [0.25, 0.3) is 0 Å². The molecule has 1 aliphatic rings. The number of hydrogen-bond acceptors (Lipinski definition) is 8. The molecule has 1 aromatic heterocycles. The second kappa shape index (κ2) is 8.31. The Balaban J connectivity index is 2.27. The topological polar surface area (TPSA) is 160 Å². The van der Waals surface area contributed by atoms with E-state index in [9.17, 15) is 34.4 Å². The molecule has 1 unspecified atom stereocenters. The minimum atomic E-state index is -4.44. The van der Waals surface area contributed by atoms with Crippen LogP contribution >= 0.6 is 7.60 Å². The van der Waals surface area contributed by atoms with Gasteiger partial charge in [-0.05, 0) is 27.2 Å². The Bertz CT molecular complexity index is 952. The van der Waals surface area contributed by atoms with Crippen LogP contribution < -0.4 is 11.2 Å². The minimum Gasteiger partial charge on any atom is -0.388 e. The SMILES string of the molecule is CC[C@](C)(O)P(=O)(O)OC(C)(C)C[C@H]1O[C@@H](c2cn(C)c(=O)n(C)c2=O)[C@H](O)[C@@H]1O. The van der Waals surface area contributed by atoms with E-state index in [1.807, 2.05) is 0 Å². The van der Waals surface area contributed by atoms with Crippen molar-refractivity contribution in [2.45, 2.75) is 75.9 Å². The Hall–Kier alpha value is -1.33. The lowest BCUT2D eigenvalue weighted by Gasteiger charge is -2.35. The van der Waals surface area contributed by atoms with Crippen molar-refractivity contribution in [2.75, 3.05) is 0 Å². The van der Waals surface area contributed by atoms with Crippen molar-refractivity contribution in [3.63, 3.8) is 0 Å². The average Bonchev–Trinajstić information content (AvgIpc) is 2.89. The molecule has 172 valence electrons. The average molecular weight is 450 g/mol. The first-order valence-corrected chi connectivity index (χ1v) is 11.2. The second-order valence-electron chi connectivity index (χ2n) is 8.56. The molecule has 1 aliphatic heterocycles. The number of rotatable bonds is 7. The van der Waals surface area contributed by atoms with Gasteiger partial charge in [0.1, 0.15) is 18.3 Å². The maximum absolute atomic E-state index is 12.5. The van der Waals surface area contributed by atoms with Gasteiger partial charge in [-0.3, -0.25) is 13.9 Å². The largest absolute Gasteiger partial charge is 0.388 e. The summed E-state index contributed by atoms with van der Waals surface area (Å²) >= 11 is 0. The molecule has 0 radical (unpaired) electrons. The fourth-order valence-electron chi connectivity index (χ4n) is 3.36. The number of hydrogen-bond donors (Lipinski definition) is 4. The van der Waals surface area contributed by atoms with Crippen LogP contribution in [-0.2, 0) is 27.9 Å².